The van der Waals surface area contributed by atoms with Crippen LogP contribution in [0, 0.1) is 23.7 Å². The summed E-state index contributed by atoms with van der Waals surface area (Å²) in [6.45, 7) is 0. The predicted octanol–water partition coefficient (Wildman–Crippen LogP) is 8.79. The lowest BCUT2D eigenvalue weighted by Crippen LogP contribution is -2.53. The second-order valence-electron chi connectivity index (χ2n) is 15.5. The van der Waals surface area contributed by atoms with Gasteiger partial charge >= 0.3 is 0 Å². The zero-order valence-electron chi connectivity index (χ0n) is 32.6. The maximum absolute atomic E-state index is 15.6. The first-order chi connectivity index (χ1) is 29.4. The molecule has 9 rings (SSSR count). The number of hydrazine groups is 1. The zero-order chi connectivity index (χ0) is 42.9. The van der Waals surface area contributed by atoms with Crippen molar-refractivity contribution in [3.8, 4) is 17.2 Å². The lowest BCUT2D eigenvalue weighted by Gasteiger charge is -2.50. The van der Waals surface area contributed by atoms with Crippen LogP contribution in [0.4, 0.5) is 11.4 Å². The topological polar surface area (TPSA) is 143 Å². The number of phenols is 1. The van der Waals surface area contributed by atoms with Gasteiger partial charge in [-0.25, -0.2) is 0 Å². The summed E-state index contributed by atoms with van der Waals surface area (Å²) in [5.41, 5.74) is 4.36. The van der Waals surface area contributed by atoms with Crippen LogP contribution in [0.1, 0.15) is 45.8 Å². The van der Waals surface area contributed by atoms with E-state index in [9.17, 15) is 19.5 Å². The van der Waals surface area contributed by atoms with Gasteiger partial charge in [-0.05, 0) is 96.6 Å². The number of carbonyl (C=O) groups is 5. The second kappa shape index (κ2) is 15.4. The number of anilines is 2. The number of benzene rings is 5. The number of halogens is 3. The van der Waals surface area contributed by atoms with Gasteiger partial charge in [-0.15, -0.1) is 0 Å². The SMILES string of the molecule is COc1ccc(C23C(=O)N(Nc4ccc(Cl)cc4Cl)C(=O)C2CC2C(=CCC4C(=O)N(c5ccc(C(=O)c6ccccc6)cc5)C(=O)C42)C3c2cc(Cl)c(O)c(OC)c2)cc1. The average Bonchev–Trinajstić information content (AvgIpc) is 3.65. The van der Waals surface area contributed by atoms with Crippen molar-refractivity contribution in [3.05, 3.63) is 158 Å². The van der Waals surface area contributed by atoms with E-state index in [-0.39, 0.29) is 45.9 Å². The summed E-state index contributed by atoms with van der Waals surface area (Å²) in [5, 5.41) is 12.3. The van der Waals surface area contributed by atoms with Crippen molar-refractivity contribution in [2.45, 2.75) is 24.2 Å². The standard InChI is InChI=1S/C47H36Cl3N3O8/c1-60-30-15-10-27(11-16-30)47-34(44(57)53(46(47)59)51-37-19-12-28(48)22-35(37)49)23-33-31(40(47)26-20-36(50)42(55)38(21-26)61-2)17-18-32-39(33)45(58)52(43(32)56)29-13-8-25(9-14-29)41(54)24-6-4-3-5-7-24/h3-17,19-22,32-34,39-40,51,55H,18,23H2,1-2H3. The fourth-order valence-corrected chi connectivity index (χ4v) is 10.6. The van der Waals surface area contributed by atoms with Crippen LogP contribution in [-0.4, -0.2) is 53.7 Å². The maximum Gasteiger partial charge on any atom is 0.260 e. The Kier molecular flexibility index (Phi) is 10.2. The van der Waals surface area contributed by atoms with E-state index in [1.54, 1.807) is 91.0 Å². The summed E-state index contributed by atoms with van der Waals surface area (Å²) < 4.78 is 11.0. The Bertz CT molecular complexity index is 2690. The second-order valence-corrected chi connectivity index (χ2v) is 16.8. The van der Waals surface area contributed by atoms with Crippen LogP contribution >= 0.6 is 34.8 Å². The van der Waals surface area contributed by atoms with Gasteiger partial charge in [-0.3, -0.25) is 34.3 Å². The van der Waals surface area contributed by atoms with Crippen LogP contribution < -0.4 is 19.8 Å². The number of carbonyl (C=O) groups excluding carboxylic acids is 5. The number of ether oxygens (including phenoxy) is 2. The van der Waals surface area contributed by atoms with Gasteiger partial charge in [0, 0.05) is 22.1 Å². The monoisotopic (exact) mass is 875 g/mol. The van der Waals surface area contributed by atoms with Gasteiger partial charge in [-0.1, -0.05) is 88.9 Å². The van der Waals surface area contributed by atoms with Crippen LogP contribution in [0.3, 0.4) is 0 Å². The molecule has 6 unspecified atom stereocenters. The van der Waals surface area contributed by atoms with Gasteiger partial charge in [0.05, 0.1) is 58.8 Å². The number of rotatable bonds is 9. The van der Waals surface area contributed by atoms with Crippen molar-refractivity contribution in [1.82, 2.24) is 5.01 Å². The summed E-state index contributed by atoms with van der Waals surface area (Å²) in [6, 6.07) is 29.8. The number of fused-ring (bicyclic) bond motifs is 4. The minimum absolute atomic E-state index is 0.0208. The molecule has 2 heterocycles. The molecule has 0 radical (unpaired) electrons. The lowest BCUT2D eigenvalue weighted by atomic mass is 9.49. The molecular weight excluding hydrogens is 841 g/mol. The van der Waals surface area contributed by atoms with Gasteiger partial charge in [-0.2, -0.15) is 5.01 Å². The number of nitrogens with one attached hydrogen (secondary N) is 1. The highest BCUT2D eigenvalue weighted by Crippen LogP contribution is 2.65. The molecule has 14 heteroatoms. The van der Waals surface area contributed by atoms with E-state index in [1.807, 2.05) is 12.1 Å². The number of amides is 4. The largest absolute Gasteiger partial charge is 0.503 e. The lowest BCUT2D eigenvalue weighted by molar-refractivity contribution is -0.138. The number of allylic oxidation sites excluding steroid dienone is 2. The zero-order valence-corrected chi connectivity index (χ0v) is 34.9. The maximum atomic E-state index is 15.6. The third kappa shape index (κ3) is 6.28. The first kappa shape index (κ1) is 40.3. The molecule has 2 aliphatic carbocycles. The Labute approximate surface area is 365 Å². The van der Waals surface area contributed by atoms with E-state index in [2.05, 4.69) is 5.43 Å². The number of hydrogen-bond donors (Lipinski definition) is 2. The summed E-state index contributed by atoms with van der Waals surface area (Å²) in [4.78, 5) is 74.2. The van der Waals surface area contributed by atoms with Crippen LogP contribution in [0.2, 0.25) is 15.1 Å². The summed E-state index contributed by atoms with van der Waals surface area (Å²) in [6.07, 6.45) is 2.09. The number of phenolic OH excluding ortho intramolecular Hbond substituents is 1. The van der Waals surface area contributed by atoms with Gasteiger partial charge < -0.3 is 14.6 Å². The molecule has 0 spiro atoms. The van der Waals surface area contributed by atoms with E-state index in [4.69, 9.17) is 44.3 Å². The van der Waals surface area contributed by atoms with Crippen molar-refractivity contribution in [3.63, 3.8) is 0 Å². The fraction of sp³-hybridized carbons (Fsp3) is 0.213. The molecule has 4 amide bonds. The number of imide groups is 2. The van der Waals surface area contributed by atoms with E-state index in [0.29, 0.717) is 44.3 Å². The van der Waals surface area contributed by atoms with E-state index in [0.717, 1.165) is 5.01 Å². The smallest absolute Gasteiger partial charge is 0.260 e. The van der Waals surface area contributed by atoms with Crippen molar-refractivity contribution < 1.29 is 38.6 Å². The van der Waals surface area contributed by atoms with E-state index >= 15 is 9.59 Å². The summed E-state index contributed by atoms with van der Waals surface area (Å²) in [5.74, 6) is -6.45. The number of aromatic hydroxyl groups is 1. The van der Waals surface area contributed by atoms with Crippen molar-refractivity contribution in [2.24, 2.45) is 23.7 Å². The Balaban J connectivity index is 1.18. The van der Waals surface area contributed by atoms with Crippen LogP contribution in [-0.2, 0) is 24.6 Å². The van der Waals surface area contributed by atoms with Crippen molar-refractivity contribution >= 4 is 75.6 Å². The van der Waals surface area contributed by atoms with Gasteiger partial charge in [0.25, 0.3) is 11.8 Å². The van der Waals surface area contributed by atoms with E-state index in [1.165, 1.54) is 31.3 Å². The first-order valence-electron chi connectivity index (χ1n) is 19.5. The first-order valence-corrected chi connectivity index (χ1v) is 20.6. The molecule has 3 fully saturated rings. The third-order valence-corrected chi connectivity index (χ3v) is 13.4. The molecule has 4 aliphatic rings. The minimum atomic E-state index is -1.66. The van der Waals surface area contributed by atoms with Crippen molar-refractivity contribution in [1.29, 1.82) is 0 Å². The highest BCUT2D eigenvalue weighted by atomic mass is 35.5. The van der Waals surface area contributed by atoms with Gasteiger partial charge in [0.2, 0.25) is 11.8 Å². The summed E-state index contributed by atoms with van der Waals surface area (Å²) in [7, 11) is 2.89. The van der Waals surface area contributed by atoms with Crippen LogP contribution in [0.25, 0.3) is 0 Å². The molecule has 2 aliphatic heterocycles. The molecule has 5 aromatic carbocycles. The van der Waals surface area contributed by atoms with Gasteiger partial charge in [0.15, 0.2) is 17.3 Å². The molecule has 11 nitrogen and oxygen atoms in total. The molecule has 1 saturated carbocycles. The minimum Gasteiger partial charge on any atom is -0.503 e. The number of ketones is 1. The van der Waals surface area contributed by atoms with Crippen LogP contribution in [0.15, 0.2) is 121 Å². The molecule has 2 N–H and O–H groups in total. The fourth-order valence-electron chi connectivity index (χ4n) is 9.91. The highest BCUT2D eigenvalue weighted by molar-refractivity contribution is 6.36. The predicted molar refractivity (Wildman–Crippen MR) is 229 cm³/mol. The van der Waals surface area contributed by atoms with Crippen LogP contribution in [0.5, 0.6) is 17.2 Å². The Morgan fingerprint density at radius 2 is 1.48 bits per heavy atom. The number of hydrogen-bond acceptors (Lipinski definition) is 9. The Morgan fingerprint density at radius 3 is 2.15 bits per heavy atom. The molecular formula is C47H36Cl3N3O8. The molecule has 61 heavy (non-hydrogen) atoms. The molecule has 5 aromatic rings. The average molecular weight is 877 g/mol. The molecule has 308 valence electrons. The Hall–Kier alpha value is -6.14. The Morgan fingerprint density at radius 1 is 0.770 bits per heavy atom. The van der Waals surface area contributed by atoms with E-state index < -0.39 is 58.6 Å². The highest BCUT2D eigenvalue weighted by Gasteiger charge is 2.70. The summed E-state index contributed by atoms with van der Waals surface area (Å²) >= 11 is 19.5. The molecule has 6 atom stereocenters. The number of nitrogens with zero attached hydrogens (tertiary/aromatic N) is 2. The molecule has 0 bridgehead atoms. The quantitative estimate of drug-likeness (QED) is 0.0844. The van der Waals surface area contributed by atoms with Gasteiger partial charge in [0.1, 0.15) is 5.75 Å². The number of methoxy groups -OCH3 is 2. The molecule has 0 aromatic heterocycles. The van der Waals surface area contributed by atoms with Crippen molar-refractivity contribution in [2.75, 3.05) is 24.5 Å². The molecule has 2 saturated heterocycles. The third-order valence-electron chi connectivity index (χ3n) is 12.6. The normalized spacial score (nSPS) is 24.2.